The topological polar surface area (TPSA) is 57.6 Å². The smallest absolute Gasteiger partial charge is 0.326 e. The van der Waals surface area contributed by atoms with Gasteiger partial charge in [-0.3, -0.25) is 4.79 Å². The normalized spacial score (nSPS) is 34.8. The molecule has 4 nitrogen and oxygen atoms in total. The van der Waals surface area contributed by atoms with E-state index in [1.165, 1.54) is 0 Å². The second kappa shape index (κ2) is 4.76. The number of likely N-dealkylation sites (tertiary alicyclic amines) is 1. The van der Waals surface area contributed by atoms with E-state index in [0.717, 1.165) is 19.3 Å². The summed E-state index contributed by atoms with van der Waals surface area (Å²) in [5, 5.41) is 9.16. The maximum absolute atomic E-state index is 12.5. The molecule has 1 saturated carbocycles. The lowest BCUT2D eigenvalue weighted by Gasteiger charge is -2.29. The van der Waals surface area contributed by atoms with E-state index in [9.17, 15) is 9.59 Å². The molecule has 3 atom stereocenters. The Bertz CT molecular complexity index is 369. The number of hydrogen-bond acceptors (Lipinski definition) is 3. The minimum atomic E-state index is -0.881. The van der Waals surface area contributed by atoms with Gasteiger partial charge in [-0.1, -0.05) is 13.8 Å². The van der Waals surface area contributed by atoms with E-state index in [-0.39, 0.29) is 22.5 Å². The summed E-state index contributed by atoms with van der Waals surface area (Å²) in [4.78, 5) is 25.2. The molecule has 1 aliphatic heterocycles. The summed E-state index contributed by atoms with van der Waals surface area (Å²) in [7, 11) is 0. The predicted octanol–water partition coefficient (Wildman–Crippen LogP) is 1.80. The van der Waals surface area contributed by atoms with Crippen LogP contribution < -0.4 is 0 Å². The molecule has 2 fully saturated rings. The van der Waals surface area contributed by atoms with Crippen LogP contribution in [0.15, 0.2) is 0 Å². The van der Waals surface area contributed by atoms with Crippen LogP contribution in [-0.4, -0.2) is 39.7 Å². The molecule has 5 heteroatoms. The Labute approximate surface area is 113 Å². The van der Waals surface area contributed by atoms with Crippen molar-refractivity contribution in [1.29, 1.82) is 0 Å². The fourth-order valence-electron chi connectivity index (χ4n) is 3.14. The molecule has 1 aliphatic carbocycles. The molecule has 1 amide bonds. The lowest BCUT2D eigenvalue weighted by atomic mass is 9.89. The molecule has 2 unspecified atom stereocenters. The highest BCUT2D eigenvalue weighted by molar-refractivity contribution is 7.81. The molecule has 18 heavy (non-hydrogen) atoms. The van der Waals surface area contributed by atoms with Crippen molar-refractivity contribution in [3.8, 4) is 0 Å². The van der Waals surface area contributed by atoms with Crippen molar-refractivity contribution in [3.05, 3.63) is 0 Å². The van der Waals surface area contributed by atoms with Gasteiger partial charge in [0.15, 0.2) is 0 Å². The van der Waals surface area contributed by atoms with E-state index in [1.54, 1.807) is 4.90 Å². The van der Waals surface area contributed by atoms with E-state index >= 15 is 0 Å². The van der Waals surface area contributed by atoms with E-state index in [0.29, 0.717) is 13.0 Å². The van der Waals surface area contributed by atoms with Gasteiger partial charge in [-0.25, -0.2) is 4.79 Å². The molecular weight excluding hydrogens is 250 g/mol. The first-order valence-electron chi connectivity index (χ1n) is 6.56. The van der Waals surface area contributed by atoms with Crippen molar-refractivity contribution in [2.24, 2.45) is 11.3 Å². The first-order valence-corrected chi connectivity index (χ1v) is 7.07. The Balaban J connectivity index is 2.10. The van der Waals surface area contributed by atoms with Crippen molar-refractivity contribution in [1.82, 2.24) is 4.90 Å². The van der Waals surface area contributed by atoms with E-state index in [2.05, 4.69) is 26.5 Å². The van der Waals surface area contributed by atoms with Gasteiger partial charge in [0.2, 0.25) is 5.91 Å². The van der Waals surface area contributed by atoms with Gasteiger partial charge in [0.25, 0.3) is 0 Å². The SMILES string of the molecule is CC1(C)CCC(C(=O)N2CCC[C@H]2C(=O)O)C1S. The summed E-state index contributed by atoms with van der Waals surface area (Å²) in [6, 6.07) is -0.623. The van der Waals surface area contributed by atoms with Gasteiger partial charge in [0, 0.05) is 11.8 Å². The Morgan fingerprint density at radius 2 is 2.00 bits per heavy atom. The van der Waals surface area contributed by atoms with E-state index in [4.69, 9.17) is 5.11 Å². The number of carbonyl (C=O) groups is 2. The number of carboxylic acids is 1. The summed E-state index contributed by atoms with van der Waals surface area (Å²) in [6.07, 6.45) is 3.16. The van der Waals surface area contributed by atoms with Gasteiger partial charge >= 0.3 is 5.97 Å². The summed E-state index contributed by atoms with van der Waals surface area (Å²) in [5.74, 6) is -1.01. The number of aliphatic carboxylic acids is 1. The molecule has 0 radical (unpaired) electrons. The summed E-state index contributed by atoms with van der Waals surface area (Å²) < 4.78 is 0. The molecule has 0 bridgehead atoms. The third-order valence-corrected chi connectivity index (χ3v) is 5.48. The summed E-state index contributed by atoms with van der Waals surface area (Å²) in [5.41, 5.74) is 0.0574. The second-order valence-corrected chi connectivity index (χ2v) is 6.66. The average molecular weight is 271 g/mol. The Hall–Kier alpha value is -0.710. The number of carboxylic acid groups (broad SMARTS) is 1. The molecule has 0 aromatic heterocycles. The number of nitrogens with zero attached hydrogens (tertiary/aromatic N) is 1. The highest BCUT2D eigenvalue weighted by Gasteiger charge is 2.46. The molecular formula is C13H21NO3S. The zero-order chi connectivity index (χ0) is 13.5. The van der Waals surface area contributed by atoms with Gasteiger partial charge in [0.1, 0.15) is 6.04 Å². The van der Waals surface area contributed by atoms with Crippen LogP contribution in [0.2, 0.25) is 0 Å². The molecule has 1 heterocycles. The molecule has 1 N–H and O–H groups in total. The van der Waals surface area contributed by atoms with Crippen LogP contribution >= 0.6 is 12.6 Å². The first kappa shape index (κ1) is 13.7. The zero-order valence-corrected chi connectivity index (χ0v) is 11.8. The maximum Gasteiger partial charge on any atom is 0.326 e. The molecule has 0 spiro atoms. The van der Waals surface area contributed by atoms with Crippen molar-refractivity contribution >= 4 is 24.5 Å². The molecule has 2 aliphatic rings. The highest BCUT2D eigenvalue weighted by Crippen LogP contribution is 2.45. The van der Waals surface area contributed by atoms with Gasteiger partial charge in [-0.2, -0.15) is 12.6 Å². The highest BCUT2D eigenvalue weighted by atomic mass is 32.1. The number of hydrogen-bond donors (Lipinski definition) is 2. The van der Waals surface area contributed by atoms with Crippen molar-refractivity contribution in [2.45, 2.75) is 50.8 Å². The van der Waals surface area contributed by atoms with Crippen LogP contribution in [0.1, 0.15) is 39.5 Å². The molecule has 102 valence electrons. The molecule has 0 aromatic rings. The standard InChI is InChI=1S/C13H21NO3S/c1-13(2)6-5-8(10(13)18)11(15)14-7-3-4-9(14)12(16)17/h8-10,18H,3-7H2,1-2H3,(H,16,17)/t8?,9-,10?/m0/s1. The maximum atomic E-state index is 12.5. The first-order chi connectivity index (χ1) is 8.34. The third-order valence-electron chi connectivity index (χ3n) is 4.42. The quantitative estimate of drug-likeness (QED) is 0.753. The number of amides is 1. The predicted molar refractivity (Wildman–Crippen MR) is 71.6 cm³/mol. The van der Waals surface area contributed by atoms with Gasteiger partial charge in [-0.05, 0) is 31.1 Å². The third kappa shape index (κ3) is 2.25. The largest absolute Gasteiger partial charge is 0.480 e. The molecule has 1 saturated heterocycles. The second-order valence-electron chi connectivity index (χ2n) is 6.11. The van der Waals surface area contributed by atoms with Gasteiger partial charge in [0.05, 0.1) is 5.92 Å². The summed E-state index contributed by atoms with van der Waals surface area (Å²) in [6.45, 7) is 4.82. The van der Waals surface area contributed by atoms with Crippen LogP contribution in [0.4, 0.5) is 0 Å². The summed E-state index contributed by atoms with van der Waals surface area (Å²) >= 11 is 4.59. The number of thiol groups is 1. The number of rotatable bonds is 2. The molecule has 0 aromatic carbocycles. The number of carbonyl (C=O) groups excluding carboxylic acids is 1. The van der Waals surface area contributed by atoms with Crippen molar-refractivity contribution < 1.29 is 14.7 Å². The van der Waals surface area contributed by atoms with E-state index < -0.39 is 12.0 Å². The van der Waals surface area contributed by atoms with Crippen LogP contribution in [-0.2, 0) is 9.59 Å². The average Bonchev–Trinajstić information content (AvgIpc) is 2.85. The van der Waals surface area contributed by atoms with Crippen LogP contribution in [0.3, 0.4) is 0 Å². The van der Waals surface area contributed by atoms with E-state index in [1.807, 2.05) is 0 Å². The monoisotopic (exact) mass is 271 g/mol. The fourth-order valence-corrected chi connectivity index (χ4v) is 3.54. The van der Waals surface area contributed by atoms with Crippen LogP contribution in [0, 0.1) is 11.3 Å². The van der Waals surface area contributed by atoms with Gasteiger partial charge < -0.3 is 10.0 Å². The Morgan fingerprint density at radius 3 is 2.50 bits per heavy atom. The van der Waals surface area contributed by atoms with Crippen molar-refractivity contribution in [2.75, 3.05) is 6.54 Å². The fraction of sp³-hybridized carbons (Fsp3) is 0.846. The lowest BCUT2D eigenvalue weighted by molar-refractivity contribution is -0.149. The zero-order valence-electron chi connectivity index (χ0n) is 10.9. The van der Waals surface area contributed by atoms with Crippen LogP contribution in [0.25, 0.3) is 0 Å². The lowest BCUT2D eigenvalue weighted by Crippen LogP contribution is -2.45. The van der Waals surface area contributed by atoms with Crippen molar-refractivity contribution in [3.63, 3.8) is 0 Å². The Kier molecular flexibility index (Phi) is 3.63. The van der Waals surface area contributed by atoms with Crippen LogP contribution in [0.5, 0.6) is 0 Å². The minimum absolute atomic E-state index is 0.00882. The minimum Gasteiger partial charge on any atom is -0.480 e. The van der Waals surface area contributed by atoms with Gasteiger partial charge in [-0.15, -0.1) is 0 Å². The molecule has 2 rings (SSSR count). The Morgan fingerprint density at radius 1 is 1.33 bits per heavy atom.